The first-order valence-electron chi connectivity index (χ1n) is 9.23. The Balaban J connectivity index is 1.76. The van der Waals surface area contributed by atoms with Gasteiger partial charge in [-0.1, -0.05) is 30.3 Å². The minimum atomic E-state index is -4.39. The molecule has 28 heavy (non-hydrogen) atoms. The summed E-state index contributed by atoms with van der Waals surface area (Å²) < 4.78 is 56.0. The zero-order valence-electron chi connectivity index (χ0n) is 15.2. The SMILES string of the molecule is Fc1ccc(C2c3cccn3CCCN2Cc2ccccc2C(F)(F)F)cc1. The molecular weight excluding hydrogens is 368 g/mol. The Bertz CT molecular complexity index is 944. The van der Waals surface area contributed by atoms with E-state index < -0.39 is 11.7 Å². The van der Waals surface area contributed by atoms with Gasteiger partial charge in [-0.05, 0) is 47.9 Å². The lowest BCUT2D eigenvalue weighted by atomic mass is 9.99. The Morgan fingerprint density at radius 2 is 1.64 bits per heavy atom. The molecule has 2 nitrogen and oxygen atoms in total. The van der Waals surface area contributed by atoms with Gasteiger partial charge in [-0.15, -0.1) is 0 Å². The van der Waals surface area contributed by atoms with Gasteiger partial charge in [0.05, 0.1) is 11.6 Å². The maximum Gasteiger partial charge on any atom is 0.416 e. The van der Waals surface area contributed by atoms with Crippen molar-refractivity contribution in [2.24, 2.45) is 0 Å². The Labute approximate surface area is 161 Å². The number of benzene rings is 2. The molecule has 3 aromatic rings. The van der Waals surface area contributed by atoms with Crippen molar-refractivity contribution in [3.63, 3.8) is 0 Å². The van der Waals surface area contributed by atoms with Crippen molar-refractivity contribution in [2.45, 2.75) is 31.7 Å². The van der Waals surface area contributed by atoms with Gasteiger partial charge >= 0.3 is 6.18 Å². The van der Waals surface area contributed by atoms with Gasteiger partial charge in [0.15, 0.2) is 0 Å². The topological polar surface area (TPSA) is 8.17 Å². The van der Waals surface area contributed by atoms with Crippen LogP contribution in [0, 0.1) is 5.82 Å². The first-order chi connectivity index (χ1) is 13.4. The van der Waals surface area contributed by atoms with Crippen LogP contribution >= 0.6 is 0 Å². The van der Waals surface area contributed by atoms with Gasteiger partial charge in [0.1, 0.15) is 5.82 Å². The third-order valence-corrected chi connectivity index (χ3v) is 5.24. The monoisotopic (exact) mass is 388 g/mol. The van der Waals surface area contributed by atoms with Crippen LogP contribution in [-0.2, 0) is 19.3 Å². The molecule has 1 unspecified atom stereocenters. The highest BCUT2D eigenvalue weighted by atomic mass is 19.4. The maximum absolute atomic E-state index is 13.5. The van der Waals surface area contributed by atoms with Crippen molar-refractivity contribution in [3.05, 3.63) is 95.1 Å². The fraction of sp³-hybridized carbons (Fsp3) is 0.273. The third kappa shape index (κ3) is 3.69. The molecule has 0 saturated heterocycles. The number of aryl methyl sites for hydroxylation is 1. The normalized spacial score (nSPS) is 17.9. The van der Waals surface area contributed by atoms with Gasteiger partial charge in [-0.3, -0.25) is 4.90 Å². The minimum absolute atomic E-state index is 0.170. The van der Waals surface area contributed by atoms with Gasteiger partial charge in [0, 0.05) is 31.5 Å². The maximum atomic E-state index is 13.5. The van der Waals surface area contributed by atoms with Gasteiger partial charge in [-0.2, -0.15) is 13.2 Å². The molecule has 1 aromatic heterocycles. The lowest BCUT2D eigenvalue weighted by Crippen LogP contribution is -2.30. The smallest absolute Gasteiger partial charge is 0.350 e. The molecule has 0 fully saturated rings. The molecule has 146 valence electrons. The summed E-state index contributed by atoms with van der Waals surface area (Å²) in [4.78, 5) is 2.05. The van der Waals surface area contributed by atoms with Crippen molar-refractivity contribution in [1.29, 1.82) is 0 Å². The number of aromatic nitrogens is 1. The van der Waals surface area contributed by atoms with E-state index in [4.69, 9.17) is 0 Å². The van der Waals surface area contributed by atoms with E-state index in [1.54, 1.807) is 18.2 Å². The van der Waals surface area contributed by atoms with Gasteiger partial charge in [0.2, 0.25) is 0 Å². The van der Waals surface area contributed by atoms with Crippen LogP contribution < -0.4 is 0 Å². The van der Waals surface area contributed by atoms with Crippen LogP contribution in [-0.4, -0.2) is 16.0 Å². The van der Waals surface area contributed by atoms with Crippen molar-refractivity contribution in [3.8, 4) is 0 Å². The number of hydrogen-bond acceptors (Lipinski definition) is 1. The predicted molar refractivity (Wildman–Crippen MR) is 99.1 cm³/mol. The van der Waals surface area contributed by atoms with Gasteiger partial charge in [0.25, 0.3) is 0 Å². The van der Waals surface area contributed by atoms with Gasteiger partial charge < -0.3 is 4.57 Å². The zero-order valence-corrected chi connectivity index (χ0v) is 15.2. The van der Waals surface area contributed by atoms with Crippen molar-refractivity contribution < 1.29 is 17.6 Å². The summed E-state index contributed by atoms with van der Waals surface area (Å²) in [5.74, 6) is -0.332. The zero-order chi connectivity index (χ0) is 19.7. The van der Waals surface area contributed by atoms with E-state index in [9.17, 15) is 17.6 Å². The van der Waals surface area contributed by atoms with Crippen LogP contribution in [0.15, 0.2) is 66.9 Å². The lowest BCUT2D eigenvalue weighted by molar-refractivity contribution is -0.138. The molecule has 2 heterocycles. The number of hydrogen-bond donors (Lipinski definition) is 0. The summed E-state index contributed by atoms with van der Waals surface area (Å²) in [6.45, 7) is 1.62. The first kappa shape index (κ1) is 18.7. The summed E-state index contributed by atoms with van der Waals surface area (Å²) in [5.41, 5.74) is 1.52. The number of rotatable bonds is 3. The van der Waals surface area contributed by atoms with Crippen molar-refractivity contribution >= 4 is 0 Å². The van der Waals surface area contributed by atoms with Crippen LogP contribution in [0.4, 0.5) is 17.6 Å². The summed E-state index contributed by atoms with van der Waals surface area (Å²) in [5, 5.41) is 0. The lowest BCUT2D eigenvalue weighted by Gasteiger charge is -2.31. The van der Waals surface area contributed by atoms with E-state index in [0.717, 1.165) is 30.3 Å². The second-order valence-corrected chi connectivity index (χ2v) is 7.06. The Hall–Kier alpha value is -2.60. The second-order valence-electron chi connectivity index (χ2n) is 7.06. The number of fused-ring (bicyclic) bond motifs is 1. The third-order valence-electron chi connectivity index (χ3n) is 5.24. The largest absolute Gasteiger partial charge is 0.416 e. The highest BCUT2D eigenvalue weighted by Crippen LogP contribution is 2.36. The minimum Gasteiger partial charge on any atom is -0.350 e. The molecule has 1 atom stereocenters. The fourth-order valence-electron chi connectivity index (χ4n) is 3.99. The molecule has 1 aliphatic heterocycles. The average Bonchev–Trinajstić information content (AvgIpc) is 3.04. The second kappa shape index (κ2) is 7.43. The van der Waals surface area contributed by atoms with Gasteiger partial charge in [-0.25, -0.2) is 4.39 Å². The summed E-state index contributed by atoms with van der Waals surface area (Å²) >= 11 is 0. The number of alkyl halides is 3. The summed E-state index contributed by atoms with van der Waals surface area (Å²) in [6.07, 6.45) is -1.58. The Kier molecular flexibility index (Phi) is 4.98. The van der Waals surface area contributed by atoms with E-state index in [-0.39, 0.29) is 24.0 Å². The van der Waals surface area contributed by atoms with Crippen LogP contribution in [0.25, 0.3) is 0 Å². The highest BCUT2D eigenvalue weighted by Gasteiger charge is 2.35. The molecule has 2 aromatic carbocycles. The molecular formula is C22H20F4N2. The number of halogens is 4. The molecule has 0 spiro atoms. The Morgan fingerprint density at radius 3 is 2.39 bits per heavy atom. The summed E-state index contributed by atoms with van der Waals surface area (Å²) in [6, 6.07) is 15.6. The standard InChI is InChI=1S/C22H20F4N2/c23-18-10-8-16(9-11-18)21-20-7-3-12-27(20)13-4-14-28(21)15-17-5-1-2-6-19(17)22(24,25)26/h1-3,5-12,21H,4,13-15H2. The predicted octanol–water partition coefficient (Wildman–Crippen LogP) is 5.64. The fourth-order valence-corrected chi connectivity index (χ4v) is 3.99. The molecule has 0 amide bonds. The highest BCUT2D eigenvalue weighted by molar-refractivity contribution is 5.33. The van der Waals surface area contributed by atoms with Crippen molar-refractivity contribution in [2.75, 3.05) is 6.54 Å². The number of nitrogens with zero attached hydrogens (tertiary/aromatic N) is 2. The molecule has 6 heteroatoms. The quantitative estimate of drug-likeness (QED) is 0.527. The molecule has 1 aliphatic rings. The van der Waals surface area contributed by atoms with Crippen LogP contribution in [0.3, 0.4) is 0 Å². The van der Waals surface area contributed by atoms with Crippen molar-refractivity contribution in [1.82, 2.24) is 9.47 Å². The van der Waals surface area contributed by atoms with Crippen LogP contribution in [0.2, 0.25) is 0 Å². The average molecular weight is 388 g/mol. The van der Waals surface area contributed by atoms with E-state index in [1.165, 1.54) is 24.3 Å². The molecule has 0 aliphatic carbocycles. The molecule has 0 bridgehead atoms. The first-order valence-corrected chi connectivity index (χ1v) is 9.23. The van der Waals surface area contributed by atoms with E-state index >= 15 is 0 Å². The van der Waals surface area contributed by atoms with E-state index in [0.29, 0.717) is 6.54 Å². The molecule has 4 rings (SSSR count). The molecule has 0 N–H and O–H groups in total. The van der Waals surface area contributed by atoms with E-state index in [1.807, 2.05) is 18.3 Å². The van der Waals surface area contributed by atoms with E-state index in [2.05, 4.69) is 9.47 Å². The van der Waals surface area contributed by atoms with Crippen LogP contribution in [0.5, 0.6) is 0 Å². The molecule has 0 radical (unpaired) electrons. The Morgan fingerprint density at radius 1 is 0.893 bits per heavy atom. The summed E-state index contributed by atoms with van der Waals surface area (Å²) in [7, 11) is 0. The van der Waals surface area contributed by atoms with Crippen LogP contribution in [0.1, 0.15) is 34.8 Å². The molecule has 0 saturated carbocycles.